The number of pyridine rings is 1. The zero-order chi connectivity index (χ0) is 14.0. The van der Waals surface area contributed by atoms with Crippen molar-refractivity contribution in [2.45, 2.75) is 13.5 Å². The Hall–Kier alpha value is -2.14. The van der Waals surface area contributed by atoms with Crippen molar-refractivity contribution in [3.8, 4) is 17.2 Å². The molecule has 100 valence electrons. The Morgan fingerprint density at radius 3 is 2.58 bits per heavy atom. The zero-order valence-electron chi connectivity index (χ0n) is 10.2. The molecule has 0 saturated heterocycles. The van der Waals surface area contributed by atoms with Crippen LogP contribution in [-0.4, -0.2) is 20.3 Å². The fourth-order valence-corrected chi connectivity index (χ4v) is 1.95. The molecule has 0 aliphatic rings. The van der Waals surface area contributed by atoms with Gasteiger partial charge in [-0.3, -0.25) is 0 Å². The summed E-state index contributed by atoms with van der Waals surface area (Å²) in [6.45, 7) is 2.12. The lowest BCUT2D eigenvalue weighted by molar-refractivity contribution is 0.365. The van der Waals surface area contributed by atoms with Gasteiger partial charge in [0.05, 0.1) is 5.69 Å². The first kappa shape index (κ1) is 13.3. The van der Waals surface area contributed by atoms with Gasteiger partial charge in [-0.25, -0.2) is 4.98 Å². The van der Waals surface area contributed by atoms with Gasteiger partial charge in [-0.05, 0) is 30.7 Å². The molecule has 19 heavy (non-hydrogen) atoms. The number of phenolic OH excluding ortho intramolecular Hbond substituents is 3. The molecule has 0 radical (unpaired) electrons. The number of anilines is 1. The average Bonchev–Trinajstić information content (AvgIpc) is 2.38. The zero-order valence-corrected chi connectivity index (χ0v) is 10.9. The quantitative estimate of drug-likeness (QED) is 0.513. The lowest BCUT2D eigenvalue weighted by Crippen LogP contribution is -2.02. The largest absolute Gasteiger partial charge is 0.504 e. The summed E-state index contributed by atoms with van der Waals surface area (Å²) in [6.07, 6.45) is 1.60. The second-order valence-electron chi connectivity index (χ2n) is 4.09. The summed E-state index contributed by atoms with van der Waals surface area (Å²) < 4.78 is 0. The van der Waals surface area contributed by atoms with Gasteiger partial charge >= 0.3 is 0 Å². The summed E-state index contributed by atoms with van der Waals surface area (Å²) >= 11 is 5.97. The van der Waals surface area contributed by atoms with Gasteiger partial charge < -0.3 is 20.6 Å². The fourth-order valence-electron chi connectivity index (χ4n) is 1.67. The van der Waals surface area contributed by atoms with Gasteiger partial charge in [0.15, 0.2) is 16.7 Å². The van der Waals surface area contributed by atoms with E-state index in [1.54, 1.807) is 6.20 Å². The number of halogens is 1. The monoisotopic (exact) mass is 280 g/mol. The summed E-state index contributed by atoms with van der Waals surface area (Å²) in [5, 5.41) is 31.7. The summed E-state index contributed by atoms with van der Waals surface area (Å²) in [5.41, 5.74) is 2.02. The molecule has 0 bridgehead atoms. The molecule has 5 nitrogen and oxygen atoms in total. The van der Waals surface area contributed by atoms with Crippen molar-refractivity contribution in [1.29, 1.82) is 0 Å². The maximum absolute atomic E-state index is 9.70. The smallest absolute Gasteiger partial charge is 0.200 e. The highest BCUT2D eigenvalue weighted by atomic mass is 35.5. The molecule has 0 fully saturated rings. The standard InChI is InChI=1S/C13H13ClN2O3/c1-7-4-5-15-13(14)10(7)16-6-8-2-3-9(17)12(19)11(8)18/h2-5,16-19H,6H2,1H3. The van der Waals surface area contributed by atoms with E-state index >= 15 is 0 Å². The SMILES string of the molecule is Cc1ccnc(Cl)c1NCc1ccc(O)c(O)c1O. The molecule has 0 aliphatic carbocycles. The second-order valence-corrected chi connectivity index (χ2v) is 4.45. The van der Waals surface area contributed by atoms with Crippen LogP contribution in [0.5, 0.6) is 17.2 Å². The van der Waals surface area contributed by atoms with Crippen LogP contribution in [0.15, 0.2) is 24.4 Å². The van der Waals surface area contributed by atoms with Crippen LogP contribution in [0, 0.1) is 6.92 Å². The van der Waals surface area contributed by atoms with Gasteiger partial charge in [0.2, 0.25) is 5.75 Å². The van der Waals surface area contributed by atoms with Crippen molar-refractivity contribution >= 4 is 17.3 Å². The summed E-state index contributed by atoms with van der Waals surface area (Å²) in [4.78, 5) is 3.96. The van der Waals surface area contributed by atoms with Gasteiger partial charge in [-0.2, -0.15) is 0 Å². The molecular weight excluding hydrogens is 268 g/mol. The fraction of sp³-hybridized carbons (Fsp3) is 0.154. The predicted octanol–water partition coefficient (Wildman–Crippen LogP) is 2.77. The van der Waals surface area contributed by atoms with E-state index in [-0.39, 0.29) is 18.0 Å². The van der Waals surface area contributed by atoms with Crippen LogP contribution in [-0.2, 0) is 6.54 Å². The van der Waals surface area contributed by atoms with Crippen LogP contribution in [0.2, 0.25) is 5.15 Å². The number of aryl methyl sites for hydroxylation is 1. The number of hydrogen-bond acceptors (Lipinski definition) is 5. The van der Waals surface area contributed by atoms with E-state index in [9.17, 15) is 15.3 Å². The van der Waals surface area contributed by atoms with Crippen molar-refractivity contribution in [1.82, 2.24) is 4.98 Å². The van der Waals surface area contributed by atoms with Gasteiger partial charge in [-0.1, -0.05) is 11.6 Å². The number of benzene rings is 1. The molecule has 2 aromatic rings. The minimum atomic E-state index is -0.534. The van der Waals surface area contributed by atoms with E-state index < -0.39 is 5.75 Å². The van der Waals surface area contributed by atoms with Gasteiger partial charge in [0, 0.05) is 18.3 Å². The Labute approximate surface area is 115 Å². The molecule has 1 aromatic heterocycles. The number of nitrogens with one attached hydrogen (secondary N) is 1. The van der Waals surface area contributed by atoms with Crippen molar-refractivity contribution in [2.24, 2.45) is 0 Å². The van der Waals surface area contributed by atoms with E-state index in [0.717, 1.165) is 5.56 Å². The molecule has 0 atom stereocenters. The van der Waals surface area contributed by atoms with Crippen LogP contribution in [0.4, 0.5) is 5.69 Å². The number of aromatic nitrogens is 1. The van der Waals surface area contributed by atoms with Gasteiger partial charge in [-0.15, -0.1) is 0 Å². The number of rotatable bonds is 3. The molecular formula is C13H13ClN2O3. The van der Waals surface area contributed by atoms with E-state index in [4.69, 9.17) is 11.6 Å². The lowest BCUT2D eigenvalue weighted by Gasteiger charge is -2.12. The Balaban J connectivity index is 2.22. The normalized spacial score (nSPS) is 10.4. The predicted molar refractivity (Wildman–Crippen MR) is 72.7 cm³/mol. The molecule has 0 amide bonds. The van der Waals surface area contributed by atoms with E-state index in [1.807, 2.05) is 13.0 Å². The molecule has 4 N–H and O–H groups in total. The number of aromatic hydroxyl groups is 3. The minimum absolute atomic E-state index is 0.242. The molecule has 0 unspecified atom stereocenters. The number of nitrogens with zero attached hydrogens (tertiary/aromatic N) is 1. The number of hydrogen-bond donors (Lipinski definition) is 4. The Kier molecular flexibility index (Phi) is 3.66. The maximum atomic E-state index is 9.70. The minimum Gasteiger partial charge on any atom is -0.504 e. The number of phenols is 3. The molecule has 2 rings (SSSR count). The van der Waals surface area contributed by atoms with Crippen LogP contribution < -0.4 is 5.32 Å². The van der Waals surface area contributed by atoms with Crippen molar-refractivity contribution < 1.29 is 15.3 Å². The van der Waals surface area contributed by atoms with E-state index in [2.05, 4.69) is 10.3 Å². The highest BCUT2D eigenvalue weighted by molar-refractivity contribution is 6.32. The lowest BCUT2D eigenvalue weighted by atomic mass is 10.1. The van der Waals surface area contributed by atoms with Crippen LogP contribution in [0.25, 0.3) is 0 Å². The highest BCUT2D eigenvalue weighted by Crippen LogP contribution is 2.37. The molecule has 0 aliphatic heterocycles. The third-order valence-corrected chi connectivity index (χ3v) is 3.07. The van der Waals surface area contributed by atoms with Crippen LogP contribution in [0.3, 0.4) is 0 Å². The van der Waals surface area contributed by atoms with Crippen LogP contribution >= 0.6 is 11.6 Å². The summed E-state index contributed by atoms with van der Waals surface area (Å²) in [5.74, 6) is -1.25. The Bertz CT molecular complexity index is 597. The summed E-state index contributed by atoms with van der Waals surface area (Å²) in [6, 6.07) is 4.63. The third kappa shape index (κ3) is 2.66. The molecule has 0 spiro atoms. The van der Waals surface area contributed by atoms with Gasteiger partial charge in [0.1, 0.15) is 0 Å². The van der Waals surface area contributed by atoms with Crippen molar-refractivity contribution in [3.05, 3.63) is 40.7 Å². The Morgan fingerprint density at radius 1 is 1.16 bits per heavy atom. The van der Waals surface area contributed by atoms with Crippen LogP contribution in [0.1, 0.15) is 11.1 Å². The summed E-state index contributed by atoms with van der Waals surface area (Å²) in [7, 11) is 0. The average molecular weight is 281 g/mol. The first-order valence-electron chi connectivity index (χ1n) is 5.58. The second kappa shape index (κ2) is 5.24. The third-order valence-electron chi connectivity index (χ3n) is 2.78. The van der Waals surface area contributed by atoms with Crippen molar-refractivity contribution in [2.75, 3.05) is 5.32 Å². The van der Waals surface area contributed by atoms with E-state index in [1.165, 1.54) is 12.1 Å². The molecule has 1 heterocycles. The molecule has 6 heteroatoms. The molecule has 0 saturated carbocycles. The highest BCUT2D eigenvalue weighted by Gasteiger charge is 2.12. The topological polar surface area (TPSA) is 85.6 Å². The first-order chi connectivity index (χ1) is 9.00. The molecule has 1 aromatic carbocycles. The van der Waals surface area contributed by atoms with Gasteiger partial charge in [0.25, 0.3) is 0 Å². The first-order valence-corrected chi connectivity index (χ1v) is 5.96. The van der Waals surface area contributed by atoms with E-state index in [0.29, 0.717) is 16.4 Å². The maximum Gasteiger partial charge on any atom is 0.200 e. The Morgan fingerprint density at radius 2 is 1.89 bits per heavy atom. The van der Waals surface area contributed by atoms with Crippen molar-refractivity contribution in [3.63, 3.8) is 0 Å².